The molecule has 1 N–H and O–H groups in total. The molecule has 1 aliphatic heterocycles. The molecule has 0 unspecified atom stereocenters. The van der Waals surface area contributed by atoms with Crippen LogP contribution in [0.1, 0.15) is 28.9 Å². The summed E-state index contributed by atoms with van der Waals surface area (Å²) in [6.45, 7) is 1.82. The zero-order valence-corrected chi connectivity index (χ0v) is 18.4. The fourth-order valence-electron chi connectivity index (χ4n) is 3.54. The fraction of sp³-hybridized carbons (Fsp3) is 0.136. The Balaban J connectivity index is 1.41. The second kappa shape index (κ2) is 7.85. The van der Waals surface area contributed by atoms with Crippen LogP contribution < -0.4 is 10.2 Å². The molecular weight excluding hydrogens is 450 g/mol. The van der Waals surface area contributed by atoms with Crippen LogP contribution in [0.15, 0.2) is 48.5 Å². The number of halogens is 1. The van der Waals surface area contributed by atoms with Crippen LogP contribution in [-0.2, 0) is 9.59 Å². The summed E-state index contributed by atoms with van der Waals surface area (Å²) in [5, 5.41) is 8.45. The lowest BCUT2D eigenvalue weighted by Crippen LogP contribution is -2.28. The topological polar surface area (TPSA) is 97.2 Å². The predicted octanol–water partition coefficient (Wildman–Crippen LogP) is 4.35. The standard InChI is InChI=1S/C22H16ClN5O3S/c1-12-11-17(28(26-12)22-25-20-15(23)3-2-4-16(20)32-22)24-21(31)13-5-7-14(8-6-13)27-18(29)9-10-19(27)30/h2-8,11H,9-10H2,1H3,(H,24,31). The third-order valence-electron chi connectivity index (χ3n) is 5.05. The number of anilines is 2. The number of hydrogen-bond acceptors (Lipinski definition) is 6. The lowest BCUT2D eigenvalue weighted by atomic mass is 10.2. The van der Waals surface area contributed by atoms with Crippen molar-refractivity contribution in [2.75, 3.05) is 10.2 Å². The highest BCUT2D eigenvalue weighted by atomic mass is 35.5. The van der Waals surface area contributed by atoms with Crippen molar-refractivity contribution in [3.63, 3.8) is 0 Å². The van der Waals surface area contributed by atoms with Gasteiger partial charge in [0.2, 0.25) is 16.9 Å². The van der Waals surface area contributed by atoms with Gasteiger partial charge in [0, 0.05) is 24.5 Å². The molecule has 3 heterocycles. The Labute approximate surface area is 191 Å². The largest absolute Gasteiger partial charge is 0.306 e. The molecule has 3 amide bonds. The molecule has 0 bridgehead atoms. The Bertz CT molecular complexity index is 1380. The van der Waals surface area contributed by atoms with Gasteiger partial charge in [0.25, 0.3) is 5.91 Å². The first kappa shape index (κ1) is 20.3. The van der Waals surface area contributed by atoms with Gasteiger partial charge in [-0.1, -0.05) is 29.0 Å². The molecule has 2 aromatic carbocycles. The number of aromatic nitrogens is 3. The van der Waals surface area contributed by atoms with Crippen LogP contribution in [0.25, 0.3) is 15.3 Å². The minimum atomic E-state index is -0.351. The van der Waals surface area contributed by atoms with Crippen molar-refractivity contribution >= 4 is 62.4 Å². The Kier molecular flexibility index (Phi) is 4.99. The van der Waals surface area contributed by atoms with E-state index in [0.29, 0.717) is 38.4 Å². The SMILES string of the molecule is Cc1cc(NC(=O)c2ccc(N3C(=O)CCC3=O)cc2)n(-c2nc3c(Cl)cccc3s2)n1. The lowest BCUT2D eigenvalue weighted by Gasteiger charge is -2.14. The molecule has 0 radical (unpaired) electrons. The first-order valence-electron chi connectivity index (χ1n) is 9.80. The fourth-order valence-corrected chi connectivity index (χ4v) is 4.77. The first-order valence-corrected chi connectivity index (χ1v) is 11.0. The van der Waals surface area contributed by atoms with E-state index < -0.39 is 0 Å². The van der Waals surface area contributed by atoms with Crippen LogP contribution in [0.5, 0.6) is 0 Å². The summed E-state index contributed by atoms with van der Waals surface area (Å²) in [6, 6.07) is 13.6. The van der Waals surface area contributed by atoms with Crippen molar-refractivity contribution < 1.29 is 14.4 Å². The molecule has 0 saturated carbocycles. The maximum Gasteiger partial charge on any atom is 0.256 e. The van der Waals surface area contributed by atoms with Gasteiger partial charge in [0.05, 0.1) is 21.1 Å². The normalized spacial score (nSPS) is 13.9. The molecule has 0 aliphatic carbocycles. The number of imide groups is 1. The van der Waals surface area contributed by atoms with E-state index in [-0.39, 0.29) is 30.6 Å². The monoisotopic (exact) mass is 465 g/mol. The smallest absolute Gasteiger partial charge is 0.256 e. The van der Waals surface area contributed by atoms with E-state index in [2.05, 4.69) is 15.4 Å². The van der Waals surface area contributed by atoms with Gasteiger partial charge in [-0.15, -0.1) is 0 Å². The summed E-state index contributed by atoms with van der Waals surface area (Å²) >= 11 is 7.66. The van der Waals surface area contributed by atoms with Gasteiger partial charge in [0.15, 0.2) is 0 Å². The number of carbonyl (C=O) groups excluding carboxylic acids is 3. The number of aryl methyl sites for hydroxylation is 1. The van der Waals surface area contributed by atoms with Gasteiger partial charge in [-0.2, -0.15) is 9.78 Å². The van der Waals surface area contributed by atoms with E-state index in [1.807, 2.05) is 19.1 Å². The Morgan fingerprint density at radius 1 is 1.09 bits per heavy atom. The van der Waals surface area contributed by atoms with Crippen LogP contribution in [0, 0.1) is 6.92 Å². The van der Waals surface area contributed by atoms with Crippen molar-refractivity contribution in [1.82, 2.24) is 14.8 Å². The quantitative estimate of drug-likeness (QED) is 0.452. The van der Waals surface area contributed by atoms with E-state index >= 15 is 0 Å². The second-order valence-corrected chi connectivity index (χ2v) is 8.71. The van der Waals surface area contributed by atoms with Gasteiger partial charge in [-0.05, 0) is 43.3 Å². The Hall–Kier alpha value is -3.56. The van der Waals surface area contributed by atoms with Crippen molar-refractivity contribution in [3.8, 4) is 5.13 Å². The average molecular weight is 466 g/mol. The number of amides is 3. The summed E-state index contributed by atoms with van der Waals surface area (Å²) in [5.74, 6) is -0.349. The third kappa shape index (κ3) is 3.55. The zero-order valence-electron chi connectivity index (χ0n) is 16.8. The van der Waals surface area contributed by atoms with E-state index in [4.69, 9.17) is 11.6 Å². The van der Waals surface area contributed by atoms with Gasteiger partial charge in [-0.25, -0.2) is 4.98 Å². The summed E-state index contributed by atoms with van der Waals surface area (Å²) in [6.07, 6.45) is 0.419. The number of nitrogens with one attached hydrogen (secondary N) is 1. The van der Waals surface area contributed by atoms with E-state index in [9.17, 15) is 14.4 Å². The number of fused-ring (bicyclic) bond motifs is 1. The van der Waals surface area contributed by atoms with E-state index in [0.717, 1.165) is 9.60 Å². The van der Waals surface area contributed by atoms with Gasteiger partial charge in [0.1, 0.15) is 11.3 Å². The first-order chi connectivity index (χ1) is 15.4. The minimum Gasteiger partial charge on any atom is -0.306 e. The number of para-hydroxylation sites is 1. The molecule has 1 fully saturated rings. The molecule has 160 valence electrons. The lowest BCUT2D eigenvalue weighted by molar-refractivity contribution is -0.121. The maximum absolute atomic E-state index is 12.9. The summed E-state index contributed by atoms with van der Waals surface area (Å²) in [7, 11) is 0. The predicted molar refractivity (Wildman–Crippen MR) is 123 cm³/mol. The molecule has 8 nitrogen and oxygen atoms in total. The van der Waals surface area contributed by atoms with Crippen LogP contribution >= 0.6 is 22.9 Å². The highest BCUT2D eigenvalue weighted by Gasteiger charge is 2.30. The second-order valence-electron chi connectivity index (χ2n) is 7.29. The molecule has 2 aromatic heterocycles. The van der Waals surface area contributed by atoms with Crippen LogP contribution in [0.4, 0.5) is 11.5 Å². The third-order valence-corrected chi connectivity index (χ3v) is 6.35. The molecule has 1 aliphatic rings. The van der Waals surface area contributed by atoms with Gasteiger partial charge >= 0.3 is 0 Å². The summed E-state index contributed by atoms with van der Waals surface area (Å²) in [4.78, 5) is 42.4. The molecule has 1 saturated heterocycles. The minimum absolute atomic E-state index is 0.210. The molecule has 4 aromatic rings. The number of nitrogens with zero attached hydrogens (tertiary/aromatic N) is 4. The van der Waals surface area contributed by atoms with Crippen molar-refractivity contribution in [2.24, 2.45) is 0 Å². The van der Waals surface area contributed by atoms with E-state index in [1.165, 1.54) is 11.3 Å². The average Bonchev–Trinajstić information content (AvgIpc) is 3.45. The van der Waals surface area contributed by atoms with Crippen molar-refractivity contribution in [3.05, 3.63) is 64.8 Å². The number of hydrogen-bond donors (Lipinski definition) is 1. The van der Waals surface area contributed by atoms with Crippen LogP contribution in [-0.4, -0.2) is 32.5 Å². The Morgan fingerprint density at radius 3 is 2.50 bits per heavy atom. The number of carbonyl (C=O) groups is 3. The molecule has 5 rings (SSSR count). The highest BCUT2D eigenvalue weighted by Crippen LogP contribution is 2.31. The maximum atomic E-state index is 12.9. The van der Waals surface area contributed by atoms with Crippen molar-refractivity contribution in [2.45, 2.75) is 19.8 Å². The number of rotatable bonds is 4. The van der Waals surface area contributed by atoms with E-state index in [1.54, 1.807) is 41.1 Å². The van der Waals surface area contributed by atoms with Crippen molar-refractivity contribution in [1.29, 1.82) is 0 Å². The van der Waals surface area contributed by atoms with Crippen LogP contribution in [0.3, 0.4) is 0 Å². The van der Waals surface area contributed by atoms with Gasteiger partial charge in [-0.3, -0.25) is 19.3 Å². The highest BCUT2D eigenvalue weighted by molar-refractivity contribution is 7.20. The molecule has 0 atom stereocenters. The number of benzene rings is 2. The molecule has 10 heteroatoms. The molecule has 0 spiro atoms. The molecular formula is C22H16ClN5O3S. The molecule has 32 heavy (non-hydrogen) atoms. The zero-order chi connectivity index (χ0) is 22.4. The van der Waals surface area contributed by atoms with Crippen LogP contribution in [0.2, 0.25) is 5.02 Å². The summed E-state index contributed by atoms with van der Waals surface area (Å²) < 4.78 is 2.49. The number of thiazole rings is 1. The summed E-state index contributed by atoms with van der Waals surface area (Å²) in [5.41, 5.74) is 2.24. The Morgan fingerprint density at radius 2 is 1.81 bits per heavy atom. The van der Waals surface area contributed by atoms with Gasteiger partial charge < -0.3 is 5.32 Å².